The molecule has 0 amide bonds. The van der Waals surface area contributed by atoms with Crippen LogP contribution in [-0.2, 0) is 6.42 Å². The highest BCUT2D eigenvalue weighted by atomic mass is 15.1. The molecule has 3 nitrogen and oxygen atoms in total. The summed E-state index contributed by atoms with van der Waals surface area (Å²) in [6.45, 7) is 7.81. The van der Waals surface area contributed by atoms with E-state index in [2.05, 4.69) is 36.3 Å². The van der Waals surface area contributed by atoms with Gasteiger partial charge in [0.1, 0.15) is 0 Å². The molecule has 2 rings (SSSR count). The minimum Gasteiger partial charge on any atom is -0.309 e. The molecule has 1 atom stereocenters. The van der Waals surface area contributed by atoms with Crippen LogP contribution < -0.4 is 5.32 Å². The molecule has 1 aliphatic heterocycles. The van der Waals surface area contributed by atoms with Crippen molar-refractivity contribution in [3.8, 4) is 0 Å². The number of H-pyrrole nitrogens is 1. The maximum absolute atomic E-state index is 4.46. The Balaban J connectivity index is 2.15. The molecule has 0 spiro atoms. The first-order chi connectivity index (χ1) is 7.18. The van der Waals surface area contributed by atoms with Crippen molar-refractivity contribution in [1.29, 1.82) is 0 Å². The van der Waals surface area contributed by atoms with Crippen LogP contribution in [0.4, 0.5) is 0 Å². The Morgan fingerprint density at radius 3 is 2.87 bits per heavy atom. The largest absolute Gasteiger partial charge is 0.309 e. The minimum absolute atomic E-state index is 0.488. The second-order valence-electron chi connectivity index (χ2n) is 4.96. The Bertz CT molecular complexity index is 322. The van der Waals surface area contributed by atoms with Crippen molar-refractivity contribution in [2.45, 2.75) is 46.1 Å². The van der Waals surface area contributed by atoms with Crippen LogP contribution >= 0.6 is 0 Å². The summed E-state index contributed by atoms with van der Waals surface area (Å²) in [5, 5.41) is 11.2. The minimum atomic E-state index is 0.488. The van der Waals surface area contributed by atoms with Crippen LogP contribution in [0, 0.1) is 12.8 Å². The zero-order valence-corrected chi connectivity index (χ0v) is 9.93. The second kappa shape index (κ2) is 4.35. The maximum atomic E-state index is 4.46. The summed E-state index contributed by atoms with van der Waals surface area (Å²) in [7, 11) is 0. The average Bonchev–Trinajstić information content (AvgIpc) is 2.76. The van der Waals surface area contributed by atoms with E-state index in [1.807, 2.05) is 0 Å². The number of nitrogens with zero attached hydrogens (tertiary/aromatic N) is 1. The Morgan fingerprint density at radius 1 is 1.47 bits per heavy atom. The van der Waals surface area contributed by atoms with E-state index in [4.69, 9.17) is 0 Å². The normalized spacial score (nSPS) is 21.5. The fourth-order valence-corrected chi connectivity index (χ4v) is 2.31. The van der Waals surface area contributed by atoms with Crippen LogP contribution in [0.15, 0.2) is 0 Å². The van der Waals surface area contributed by atoms with Crippen LogP contribution in [0.2, 0.25) is 0 Å². The number of nitrogens with one attached hydrogen (secondary N) is 2. The quantitative estimate of drug-likeness (QED) is 0.798. The van der Waals surface area contributed by atoms with Crippen molar-refractivity contribution in [2.75, 3.05) is 6.54 Å². The number of hydrogen-bond donors (Lipinski definition) is 2. The third-order valence-electron chi connectivity index (χ3n) is 3.15. The lowest BCUT2D eigenvalue weighted by atomic mass is 10.0. The monoisotopic (exact) mass is 207 g/mol. The first-order valence-corrected chi connectivity index (χ1v) is 5.95. The summed E-state index contributed by atoms with van der Waals surface area (Å²) >= 11 is 0. The standard InChI is InChI=1S/C12H21N3/c1-8(2)7-11-9(3)12(15-14-11)10-5-4-6-13-10/h8,10,13H,4-7H2,1-3H3,(H,14,15). The van der Waals surface area contributed by atoms with E-state index in [-0.39, 0.29) is 0 Å². The molecule has 1 aromatic heterocycles. The van der Waals surface area contributed by atoms with E-state index < -0.39 is 0 Å². The number of hydrogen-bond acceptors (Lipinski definition) is 2. The molecule has 0 bridgehead atoms. The van der Waals surface area contributed by atoms with Gasteiger partial charge in [-0.25, -0.2) is 0 Å². The summed E-state index contributed by atoms with van der Waals surface area (Å²) in [5.74, 6) is 0.688. The van der Waals surface area contributed by atoms with Gasteiger partial charge in [0.05, 0.1) is 11.7 Å². The predicted octanol–water partition coefficient (Wildman–Crippen LogP) is 2.34. The van der Waals surface area contributed by atoms with E-state index in [9.17, 15) is 0 Å². The van der Waals surface area contributed by atoms with Gasteiger partial charge in [-0.05, 0) is 44.2 Å². The molecule has 2 heterocycles. The van der Waals surface area contributed by atoms with E-state index >= 15 is 0 Å². The molecule has 3 heteroatoms. The molecule has 1 fully saturated rings. The van der Waals surface area contributed by atoms with Crippen LogP contribution in [0.5, 0.6) is 0 Å². The smallest absolute Gasteiger partial charge is 0.0823 e. The molecule has 0 radical (unpaired) electrons. The van der Waals surface area contributed by atoms with Crippen molar-refractivity contribution in [3.63, 3.8) is 0 Å². The SMILES string of the molecule is Cc1c(C2CCCN2)n[nH]c1CC(C)C. The molecule has 2 N–H and O–H groups in total. The van der Waals surface area contributed by atoms with Gasteiger partial charge in [0, 0.05) is 5.69 Å². The maximum Gasteiger partial charge on any atom is 0.0823 e. The van der Waals surface area contributed by atoms with Crippen LogP contribution in [0.1, 0.15) is 49.7 Å². The summed E-state index contributed by atoms with van der Waals surface area (Å²) in [6.07, 6.45) is 3.61. The van der Waals surface area contributed by atoms with Crippen molar-refractivity contribution >= 4 is 0 Å². The molecule has 15 heavy (non-hydrogen) atoms. The first-order valence-electron chi connectivity index (χ1n) is 5.95. The van der Waals surface area contributed by atoms with E-state index in [0.717, 1.165) is 13.0 Å². The first kappa shape index (κ1) is 10.7. The molecule has 1 saturated heterocycles. The fourth-order valence-electron chi connectivity index (χ4n) is 2.31. The molecular weight excluding hydrogens is 186 g/mol. The molecular formula is C12H21N3. The summed E-state index contributed by atoms with van der Waals surface area (Å²) in [4.78, 5) is 0. The predicted molar refractivity (Wildman–Crippen MR) is 61.8 cm³/mol. The average molecular weight is 207 g/mol. The number of rotatable bonds is 3. The van der Waals surface area contributed by atoms with Crippen LogP contribution in [0.3, 0.4) is 0 Å². The van der Waals surface area contributed by atoms with Gasteiger partial charge in [0.25, 0.3) is 0 Å². The summed E-state index contributed by atoms with van der Waals surface area (Å²) in [5.41, 5.74) is 3.92. The lowest BCUT2D eigenvalue weighted by molar-refractivity contribution is 0.622. The van der Waals surface area contributed by atoms with Gasteiger partial charge in [-0.1, -0.05) is 13.8 Å². The van der Waals surface area contributed by atoms with Gasteiger partial charge >= 0.3 is 0 Å². The zero-order chi connectivity index (χ0) is 10.8. The third kappa shape index (κ3) is 2.23. The van der Waals surface area contributed by atoms with E-state index in [1.165, 1.54) is 29.8 Å². The molecule has 1 aromatic rings. The van der Waals surface area contributed by atoms with Gasteiger partial charge in [0.15, 0.2) is 0 Å². The van der Waals surface area contributed by atoms with Gasteiger partial charge in [0.2, 0.25) is 0 Å². The van der Waals surface area contributed by atoms with Crippen molar-refractivity contribution in [3.05, 3.63) is 17.0 Å². The Kier molecular flexibility index (Phi) is 3.10. The van der Waals surface area contributed by atoms with Gasteiger partial charge in [-0.3, -0.25) is 5.10 Å². The van der Waals surface area contributed by atoms with Crippen LogP contribution in [0.25, 0.3) is 0 Å². The highest BCUT2D eigenvalue weighted by Crippen LogP contribution is 2.26. The molecule has 84 valence electrons. The molecule has 0 aromatic carbocycles. The summed E-state index contributed by atoms with van der Waals surface area (Å²) in [6, 6.07) is 0.488. The lowest BCUT2D eigenvalue weighted by Gasteiger charge is -2.08. The highest BCUT2D eigenvalue weighted by Gasteiger charge is 2.22. The Hall–Kier alpha value is -0.830. The molecule has 0 aliphatic carbocycles. The Morgan fingerprint density at radius 2 is 2.27 bits per heavy atom. The van der Waals surface area contributed by atoms with Gasteiger partial charge < -0.3 is 5.32 Å². The zero-order valence-electron chi connectivity index (χ0n) is 9.93. The molecule has 0 saturated carbocycles. The van der Waals surface area contributed by atoms with E-state index in [0.29, 0.717) is 12.0 Å². The van der Waals surface area contributed by atoms with Gasteiger partial charge in [-0.15, -0.1) is 0 Å². The second-order valence-corrected chi connectivity index (χ2v) is 4.96. The fraction of sp³-hybridized carbons (Fsp3) is 0.750. The van der Waals surface area contributed by atoms with E-state index in [1.54, 1.807) is 0 Å². The van der Waals surface area contributed by atoms with Crippen molar-refractivity contribution in [2.24, 2.45) is 5.92 Å². The van der Waals surface area contributed by atoms with Crippen LogP contribution in [-0.4, -0.2) is 16.7 Å². The lowest BCUT2D eigenvalue weighted by Crippen LogP contribution is -2.14. The third-order valence-corrected chi connectivity index (χ3v) is 3.15. The number of aromatic amines is 1. The Labute approximate surface area is 91.7 Å². The number of aromatic nitrogens is 2. The molecule has 1 aliphatic rings. The van der Waals surface area contributed by atoms with Gasteiger partial charge in [-0.2, -0.15) is 5.10 Å². The van der Waals surface area contributed by atoms with Crippen molar-refractivity contribution in [1.82, 2.24) is 15.5 Å². The highest BCUT2D eigenvalue weighted by molar-refractivity contribution is 5.27. The topological polar surface area (TPSA) is 40.7 Å². The summed E-state index contributed by atoms with van der Waals surface area (Å²) < 4.78 is 0. The molecule has 1 unspecified atom stereocenters. The van der Waals surface area contributed by atoms with Crippen molar-refractivity contribution < 1.29 is 0 Å².